The number of aliphatic hydroxyl groups excluding tert-OH is 1. The Morgan fingerprint density at radius 2 is 0.867 bits per heavy atom. The Labute approximate surface area is 368 Å². The number of hydrogen-bond donors (Lipinski definition) is 2. The fraction of sp³-hybridized carbons (Fsp3) is 0.692. The Morgan fingerprint density at radius 1 is 0.500 bits per heavy atom. The normalized spacial score (nSPS) is 13.8. The number of aliphatic hydroxyl groups is 1. The molecule has 0 heterocycles. The smallest absolute Gasteiger partial charge is 0.361 e. The van der Waals surface area contributed by atoms with Crippen LogP contribution in [0.15, 0.2) is 85.1 Å². The summed E-state index contributed by atoms with van der Waals surface area (Å²) in [6, 6.07) is 0. The molecule has 0 aliphatic heterocycles. The minimum absolute atomic E-state index is 0.209. The van der Waals surface area contributed by atoms with Gasteiger partial charge >= 0.3 is 11.9 Å². The van der Waals surface area contributed by atoms with Gasteiger partial charge in [0.1, 0.15) is 19.3 Å². The van der Waals surface area contributed by atoms with Gasteiger partial charge in [0.05, 0.1) is 34.4 Å². The van der Waals surface area contributed by atoms with E-state index in [1.165, 1.54) is 96.3 Å². The molecule has 0 radical (unpaired) electrons. The molecule has 2 atom stereocenters. The number of ether oxygens (including phenoxy) is 3. The quantitative estimate of drug-likeness (QED) is 0.0207. The van der Waals surface area contributed by atoms with E-state index in [9.17, 15) is 19.8 Å². The van der Waals surface area contributed by atoms with Crippen molar-refractivity contribution in [3.63, 3.8) is 0 Å². The van der Waals surface area contributed by atoms with Crippen LogP contribution in [0.3, 0.4) is 0 Å². The molecule has 0 aliphatic rings. The molecule has 60 heavy (non-hydrogen) atoms. The fourth-order valence-electron chi connectivity index (χ4n) is 6.23. The van der Waals surface area contributed by atoms with Gasteiger partial charge in [-0.05, 0) is 64.2 Å². The maximum Gasteiger partial charge on any atom is 0.361 e. The topological polar surface area (TPSA) is 102 Å². The van der Waals surface area contributed by atoms with Gasteiger partial charge in [-0.1, -0.05) is 188 Å². The van der Waals surface area contributed by atoms with Crippen molar-refractivity contribution in [3.8, 4) is 0 Å². The van der Waals surface area contributed by atoms with Crippen LogP contribution in [0.25, 0.3) is 0 Å². The number of hydrogen-bond acceptors (Lipinski definition) is 6. The number of carbonyl (C=O) groups excluding carboxylic acids is 1. The molecule has 0 amide bonds. The number of allylic oxidation sites excluding steroid dienone is 14. The summed E-state index contributed by atoms with van der Waals surface area (Å²) < 4.78 is 16.2. The predicted octanol–water partition coefficient (Wildman–Crippen LogP) is 13.1. The molecular formula is C52H90NO7+. The maximum absolute atomic E-state index is 12.0. The molecule has 0 spiro atoms. The molecule has 0 bridgehead atoms. The van der Waals surface area contributed by atoms with Crippen molar-refractivity contribution >= 4 is 11.9 Å². The molecular weight excluding hydrogens is 751 g/mol. The Hall–Kier alpha value is -3.04. The van der Waals surface area contributed by atoms with Gasteiger partial charge in [-0.3, -0.25) is 4.79 Å². The lowest BCUT2D eigenvalue weighted by Gasteiger charge is -2.24. The third-order valence-corrected chi connectivity index (χ3v) is 9.90. The van der Waals surface area contributed by atoms with Crippen LogP contribution in [-0.4, -0.2) is 86.5 Å². The maximum atomic E-state index is 12.0. The van der Waals surface area contributed by atoms with Crippen LogP contribution in [0.2, 0.25) is 0 Å². The standard InChI is InChI=1S/C52H89NO7/c1-5-6-7-8-9-10-11-12-13-14-15-16-17-18-19-20-21-22-23-24-25-26-27-28-29-30-31-32-33-34-35-36-37-38-39-40-41-42-43-44-50(55)59-47-49(54)48-60-52(51(56)57)58-46-45-53(2,3)4/h6-7,9-10,12-13,15-16,18-19,21-22,24-25,49,52,54H,5,8,11,14,17,20,23,26-48H2,1-4H3/p+1/b7-6-,10-9-,13-12-,16-15-,19-18-,22-21-,25-24-. The number of unbranched alkanes of at least 4 members (excludes halogenated alkanes) is 17. The number of rotatable bonds is 43. The number of esters is 1. The van der Waals surface area contributed by atoms with Crippen molar-refractivity contribution in [2.75, 3.05) is 47.5 Å². The Balaban J connectivity index is 3.47. The number of carbonyl (C=O) groups is 2. The van der Waals surface area contributed by atoms with Crippen LogP contribution in [-0.2, 0) is 23.8 Å². The lowest BCUT2D eigenvalue weighted by atomic mass is 10.0. The first-order chi connectivity index (χ1) is 29.2. The van der Waals surface area contributed by atoms with E-state index in [-0.39, 0.29) is 25.8 Å². The highest BCUT2D eigenvalue weighted by molar-refractivity contribution is 5.70. The lowest BCUT2D eigenvalue weighted by Crippen LogP contribution is -2.40. The van der Waals surface area contributed by atoms with Gasteiger partial charge < -0.3 is 28.9 Å². The second-order valence-corrected chi connectivity index (χ2v) is 16.9. The average Bonchev–Trinajstić information content (AvgIpc) is 3.21. The highest BCUT2D eigenvalue weighted by Crippen LogP contribution is 2.15. The van der Waals surface area contributed by atoms with E-state index in [2.05, 4.69) is 92.0 Å². The first kappa shape index (κ1) is 57.0. The van der Waals surface area contributed by atoms with E-state index in [1.807, 2.05) is 21.1 Å². The average molecular weight is 841 g/mol. The summed E-state index contributed by atoms with van der Waals surface area (Å²) in [6.45, 7) is 2.47. The van der Waals surface area contributed by atoms with Crippen molar-refractivity contribution in [3.05, 3.63) is 85.1 Å². The number of carboxylic acid groups (broad SMARTS) is 1. The van der Waals surface area contributed by atoms with Crippen molar-refractivity contribution in [1.82, 2.24) is 0 Å². The molecule has 0 aliphatic carbocycles. The van der Waals surface area contributed by atoms with Crippen LogP contribution in [0.1, 0.15) is 174 Å². The molecule has 2 unspecified atom stereocenters. The molecule has 8 nitrogen and oxygen atoms in total. The zero-order valence-electron chi connectivity index (χ0n) is 38.8. The molecule has 0 saturated carbocycles. The monoisotopic (exact) mass is 841 g/mol. The minimum atomic E-state index is -1.46. The van der Waals surface area contributed by atoms with Crippen molar-refractivity contribution < 1.29 is 38.5 Å². The third kappa shape index (κ3) is 46.0. The number of nitrogens with zero attached hydrogens (tertiary/aromatic N) is 1. The molecule has 0 fully saturated rings. The summed E-state index contributed by atoms with van der Waals surface area (Å²) in [7, 11) is 5.92. The number of carboxylic acids is 1. The summed E-state index contributed by atoms with van der Waals surface area (Å²) in [5, 5.41) is 19.3. The first-order valence-corrected chi connectivity index (χ1v) is 23.8. The number of aliphatic carboxylic acids is 1. The second kappa shape index (κ2) is 44.0. The molecule has 0 aromatic heterocycles. The number of quaternary nitrogens is 1. The van der Waals surface area contributed by atoms with Crippen LogP contribution < -0.4 is 0 Å². The summed E-state index contributed by atoms with van der Waals surface area (Å²) in [6.07, 6.45) is 59.4. The summed E-state index contributed by atoms with van der Waals surface area (Å²) >= 11 is 0. The van der Waals surface area contributed by atoms with Crippen molar-refractivity contribution in [2.24, 2.45) is 0 Å². The van der Waals surface area contributed by atoms with Crippen molar-refractivity contribution in [1.29, 1.82) is 0 Å². The van der Waals surface area contributed by atoms with Gasteiger partial charge in [-0.15, -0.1) is 0 Å². The molecule has 0 aromatic carbocycles. The molecule has 2 N–H and O–H groups in total. The third-order valence-electron chi connectivity index (χ3n) is 9.90. The van der Waals surface area contributed by atoms with E-state index in [4.69, 9.17) is 14.2 Å². The minimum Gasteiger partial charge on any atom is -0.477 e. The molecule has 8 heteroatoms. The fourth-order valence-corrected chi connectivity index (χ4v) is 6.23. The van der Waals surface area contributed by atoms with Crippen LogP contribution in [0.5, 0.6) is 0 Å². The Bertz CT molecular complexity index is 1190. The molecule has 0 rings (SSSR count). The van der Waals surface area contributed by atoms with Crippen molar-refractivity contribution in [2.45, 2.75) is 186 Å². The Morgan fingerprint density at radius 3 is 1.25 bits per heavy atom. The summed E-state index contributed by atoms with van der Waals surface area (Å²) in [4.78, 5) is 23.3. The van der Waals surface area contributed by atoms with Gasteiger partial charge in [-0.25, -0.2) is 4.79 Å². The van der Waals surface area contributed by atoms with E-state index in [0.717, 1.165) is 64.2 Å². The molecule has 344 valence electrons. The largest absolute Gasteiger partial charge is 0.477 e. The SMILES string of the molecule is CC/C=C\C/C=C\C/C=C\C/C=C\C/C=C\C/C=C\C/C=C\CCCCCCCCCCCCCCCCCCCC(=O)OCC(O)COC(OCC[N+](C)(C)C)C(=O)O. The Kier molecular flexibility index (Phi) is 41.8. The van der Waals surface area contributed by atoms with E-state index < -0.39 is 18.4 Å². The van der Waals surface area contributed by atoms with E-state index >= 15 is 0 Å². The van der Waals surface area contributed by atoms with Gasteiger partial charge in [0.25, 0.3) is 6.29 Å². The van der Waals surface area contributed by atoms with E-state index in [1.54, 1.807) is 0 Å². The highest BCUT2D eigenvalue weighted by atomic mass is 16.7. The predicted molar refractivity (Wildman–Crippen MR) is 253 cm³/mol. The van der Waals surface area contributed by atoms with Crippen LogP contribution >= 0.6 is 0 Å². The van der Waals surface area contributed by atoms with Crippen LogP contribution in [0, 0.1) is 0 Å². The highest BCUT2D eigenvalue weighted by Gasteiger charge is 2.22. The van der Waals surface area contributed by atoms with Crippen LogP contribution in [0.4, 0.5) is 0 Å². The number of likely N-dealkylation sites (N-methyl/N-ethyl adjacent to an activating group) is 1. The van der Waals surface area contributed by atoms with Gasteiger partial charge in [-0.2, -0.15) is 0 Å². The van der Waals surface area contributed by atoms with Gasteiger partial charge in [0.2, 0.25) is 0 Å². The van der Waals surface area contributed by atoms with Gasteiger partial charge in [0.15, 0.2) is 0 Å². The summed E-state index contributed by atoms with van der Waals surface area (Å²) in [5.74, 6) is -1.61. The first-order valence-electron chi connectivity index (χ1n) is 23.8. The van der Waals surface area contributed by atoms with Gasteiger partial charge in [0, 0.05) is 6.42 Å². The molecule has 0 aromatic rings. The zero-order valence-corrected chi connectivity index (χ0v) is 38.8. The lowest BCUT2D eigenvalue weighted by molar-refractivity contribution is -0.870. The molecule has 0 saturated heterocycles. The second-order valence-electron chi connectivity index (χ2n) is 16.9. The van der Waals surface area contributed by atoms with E-state index in [0.29, 0.717) is 17.4 Å². The zero-order chi connectivity index (χ0) is 44.0. The summed E-state index contributed by atoms with van der Waals surface area (Å²) in [5.41, 5.74) is 0.